The van der Waals surface area contributed by atoms with Crippen LogP contribution in [0, 0.1) is 5.41 Å². The lowest BCUT2D eigenvalue weighted by Crippen LogP contribution is -2.44. The van der Waals surface area contributed by atoms with Crippen molar-refractivity contribution >= 4 is 13.9 Å². The van der Waals surface area contributed by atoms with Gasteiger partial charge in [-0.1, -0.05) is 59.8 Å². The summed E-state index contributed by atoms with van der Waals surface area (Å²) >= 11 is 0. The first-order valence-electron chi connectivity index (χ1n) is 14.2. The third-order valence-corrected chi connectivity index (χ3v) is 13.4. The molecule has 39 heavy (non-hydrogen) atoms. The lowest BCUT2D eigenvalue weighted by Gasteiger charge is -2.45. The number of rotatable bonds is 6. The molecule has 1 N–H and O–H groups in total. The molecule has 1 unspecified atom stereocenters. The van der Waals surface area contributed by atoms with Crippen LogP contribution in [0.15, 0.2) is 30.3 Å². The summed E-state index contributed by atoms with van der Waals surface area (Å²) in [6, 6.07) is 4.89. The molecule has 2 aromatic rings. The molecule has 1 heterocycles. The summed E-state index contributed by atoms with van der Waals surface area (Å²) in [4.78, 5) is 5.17. The van der Waals surface area contributed by atoms with Crippen molar-refractivity contribution in [3.63, 3.8) is 0 Å². The van der Waals surface area contributed by atoms with E-state index in [-0.39, 0.29) is 16.6 Å². The molecule has 0 saturated carbocycles. The summed E-state index contributed by atoms with van der Waals surface area (Å²) in [6.45, 7) is 17.8. The number of aliphatic hydroxyl groups is 1. The SMILES string of the molecule is CCc1nc2c(c(C3=CCCC3)c1C(O)c1ccc(C(F)(F)F)cc1)[C@@H](O[Si](C)(C)C(C)(C)C)CC(C)(C)C2. The normalized spacial score (nSPS) is 20.5. The maximum atomic E-state index is 13.3. The van der Waals surface area contributed by atoms with Gasteiger partial charge >= 0.3 is 6.18 Å². The second-order valence-electron chi connectivity index (χ2n) is 13.6. The molecule has 4 rings (SSSR count). The zero-order chi connectivity index (χ0) is 29.0. The quantitative estimate of drug-likeness (QED) is 0.359. The lowest BCUT2D eigenvalue weighted by molar-refractivity contribution is -0.137. The van der Waals surface area contributed by atoms with E-state index in [9.17, 15) is 18.3 Å². The zero-order valence-corrected chi connectivity index (χ0v) is 25.7. The van der Waals surface area contributed by atoms with Gasteiger partial charge in [0.25, 0.3) is 0 Å². The van der Waals surface area contributed by atoms with Crippen molar-refractivity contribution in [3.8, 4) is 0 Å². The summed E-state index contributed by atoms with van der Waals surface area (Å²) < 4.78 is 46.9. The van der Waals surface area contributed by atoms with Gasteiger partial charge in [-0.2, -0.15) is 13.2 Å². The van der Waals surface area contributed by atoms with Crippen LogP contribution in [0.4, 0.5) is 13.2 Å². The summed E-state index contributed by atoms with van der Waals surface area (Å²) in [7, 11) is -2.16. The van der Waals surface area contributed by atoms with Gasteiger partial charge in [0, 0.05) is 22.5 Å². The minimum absolute atomic E-state index is 0.00687. The molecule has 0 radical (unpaired) electrons. The molecule has 0 fully saturated rings. The Labute approximate surface area is 233 Å². The number of allylic oxidation sites excluding steroid dienone is 2. The van der Waals surface area contributed by atoms with Crippen LogP contribution in [0.3, 0.4) is 0 Å². The van der Waals surface area contributed by atoms with E-state index >= 15 is 0 Å². The minimum atomic E-state index is -4.42. The fourth-order valence-corrected chi connectivity index (χ4v) is 7.06. The lowest BCUT2D eigenvalue weighted by atomic mass is 9.71. The molecule has 0 amide bonds. The molecular weight excluding hydrogens is 515 g/mol. The van der Waals surface area contributed by atoms with Gasteiger partial charge < -0.3 is 9.53 Å². The molecule has 2 aliphatic rings. The van der Waals surface area contributed by atoms with E-state index in [2.05, 4.69) is 53.8 Å². The summed E-state index contributed by atoms with van der Waals surface area (Å²) in [6.07, 6.45) is 1.83. The van der Waals surface area contributed by atoms with Crippen molar-refractivity contribution < 1.29 is 22.7 Å². The molecule has 214 valence electrons. The van der Waals surface area contributed by atoms with E-state index in [1.807, 2.05) is 6.92 Å². The van der Waals surface area contributed by atoms with Crippen molar-refractivity contribution in [2.45, 2.75) is 117 Å². The Bertz CT molecular complexity index is 1240. The number of aromatic nitrogens is 1. The van der Waals surface area contributed by atoms with Crippen molar-refractivity contribution in [2.24, 2.45) is 5.41 Å². The Kier molecular flexibility index (Phi) is 8.05. The molecular formula is C32H44F3NO2Si. The Morgan fingerprint density at radius 1 is 1.13 bits per heavy atom. The largest absolute Gasteiger partial charge is 0.416 e. The highest BCUT2D eigenvalue weighted by atomic mass is 28.4. The van der Waals surface area contributed by atoms with Gasteiger partial charge in [0.2, 0.25) is 0 Å². The van der Waals surface area contributed by atoms with Gasteiger partial charge in [-0.25, -0.2) is 0 Å². The predicted octanol–water partition coefficient (Wildman–Crippen LogP) is 9.35. The number of aliphatic hydroxyl groups excluding tert-OH is 1. The fourth-order valence-electron chi connectivity index (χ4n) is 5.79. The van der Waals surface area contributed by atoms with Crippen LogP contribution in [0.2, 0.25) is 18.1 Å². The van der Waals surface area contributed by atoms with Crippen molar-refractivity contribution in [2.75, 3.05) is 0 Å². The van der Waals surface area contributed by atoms with Crippen molar-refractivity contribution in [1.82, 2.24) is 4.98 Å². The van der Waals surface area contributed by atoms with E-state index in [1.54, 1.807) is 0 Å². The summed E-state index contributed by atoms with van der Waals surface area (Å²) in [5, 5.41) is 11.8. The average molecular weight is 560 g/mol. The van der Waals surface area contributed by atoms with Gasteiger partial charge in [0.05, 0.1) is 11.7 Å². The third kappa shape index (κ3) is 6.05. The Hall–Kier alpha value is -1.96. The number of nitrogens with zero attached hydrogens (tertiary/aromatic N) is 1. The molecule has 7 heteroatoms. The minimum Gasteiger partial charge on any atom is -0.410 e. The summed E-state index contributed by atoms with van der Waals surface area (Å²) in [5.41, 5.74) is 5.63. The number of pyridine rings is 1. The van der Waals surface area contributed by atoms with Crippen LogP contribution in [0.25, 0.3) is 5.57 Å². The van der Waals surface area contributed by atoms with Crippen LogP contribution in [0.1, 0.15) is 119 Å². The molecule has 0 bridgehead atoms. The fraction of sp³-hybridized carbons (Fsp3) is 0.594. The van der Waals surface area contributed by atoms with Crippen LogP contribution in [0.5, 0.6) is 0 Å². The van der Waals surface area contributed by atoms with Crippen molar-refractivity contribution in [1.29, 1.82) is 0 Å². The first-order valence-corrected chi connectivity index (χ1v) is 17.1. The highest BCUT2D eigenvalue weighted by Gasteiger charge is 2.45. The van der Waals surface area contributed by atoms with Gasteiger partial charge in [-0.3, -0.25) is 4.98 Å². The Morgan fingerprint density at radius 2 is 1.77 bits per heavy atom. The molecule has 0 spiro atoms. The molecule has 3 nitrogen and oxygen atoms in total. The van der Waals surface area contributed by atoms with E-state index < -0.39 is 26.2 Å². The van der Waals surface area contributed by atoms with Gasteiger partial charge in [-0.15, -0.1) is 0 Å². The standard InChI is InChI=1S/C32H44F3NO2Si/c1-9-23-28(29(37)21-14-16-22(17-15-21)32(33,34)35)26(20-12-10-11-13-20)27-24(36-23)18-31(5,6)19-25(27)38-39(7,8)30(2,3)4/h12,14-17,25,29,37H,9-11,13,18-19H2,1-8H3/t25-,29?/m0/s1. The van der Waals surface area contributed by atoms with Crippen molar-refractivity contribution in [3.05, 3.63) is 69.5 Å². The van der Waals surface area contributed by atoms with E-state index in [0.717, 1.165) is 72.3 Å². The van der Waals surface area contributed by atoms with E-state index in [4.69, 9.17) is 9.41 Å². The Balaban J connectivity index is 1.95. The van der Waals surface area contributed by atoms with E-state index in [1.165, 1.54) is 17.7 Å². The smallest absolute Gasteiger partial charge is 0.410 e. The van der Waals surface area contributed by atoms with Gasteiger partial charge in [-0.05, 0) is 90.9 Å². The number of hydrogen-bond donors (Lipinski definition) is 1. The monoisotopic (exact) mass is 559 g/mol. The molecule has 0 aliphatic heterocycles. The van der Waals surface area contributed by atoms with Crippen LogP contribution in [-0.4, -0.2) is 18.4 Å². The van der Waals surface area contributed by atoms with E-state index in [0.29, 0.717) is 12.0 Å². The molecule has 1 aromatic heterocycles. The molecule has 1 aromatic carbocycles. The third-order valence-electron chi connectivity index (χ3n) is 8.90. The first-order chi connectivity index (χ1) is 17.9. The second-order valence-corrected chi connectivity index (χ2v) is 18.4. The second kappa shape index (κ2) is 10.5. The Morgan fingerprint density at radius 3 is 2.28 bits per heavy atom. The zero-order valence-electron chi connectivity index (χ0n) is 24.7. The number of benzene rings is 1. The molecule has 2 atom stereocenters. The highest BCUT2D eigenvalue weighted by Crippen LogP contribution is 2.51. The van der Waals surface area contributed by atoms with Crippen LogP contribution >= 0.6 is 0 Å². The maximum absolute atomic E-state index is 13.3. The van der Waals surface area contributed by atoms with Crippen LogP contribution in [-0.2, 0) is 23.4 Å². The summed E-state index contributed by atoms with van der Waals surface area (Å²) in [5.74, 6) is 0. The van der Waals surface area contributed by atoms with Crippen LogP contribution < -0.4 is 0 Å². The maximum Gasteiger partial charge on any atom is 0.416 e. The number of alkyl halides is 3. The highest BCUT2D eigenvalue weighted by molar-refractivity contribution is 6.74. The van der Waals surface area contributed by atoms with Gasteiger partial charge in [0.1, 0.15) is 6.10 Å². The molecule has 2 aliphatic carbocycles. The van der Waals surface area contributed by atoms with Gasteiger partial charge in [0.15, 0.2) is 8.32 Å². The topological polar surface area (TPSA) is 42.4 Å². The number of halogens is 3. The molecule has 0 saturated heterocycles. The number of fused-ring (bicyclic) bond motifs is 1. The predicted molar refractivity (Wildman–Crippen MR) is 154 cm³/mol. The number of hydrogen-bond acceptors (Lipinski definition) is 3. The average Bonchev–Trinajstić information content (AvgIpc) is 3.35. The number of aryl methyl sites for hydroxylation is 1. The first kappa shape index (κ1) is 30.0.